The van der Waals surface area contributed by atoms with Gasteiger partial charge in [-0.3, -0.25) is 4.98 Å². The molecule has 3 rings (SSSR count). The van der Waals surface area contributed by atoms with Crippen molar-refractivity contribution in [3.63, 3.8) is 0 Å². The summed E-state index contributed by atoms with van der Waals surface area (Å²) in [4.78, 5) is 4.39. The number of fused-ring (bicyclic) bond motifs is 3. The second-order valence-corrected chi connectivity index (χ2v) is 3.51. The number of para-hydroxylation sites is 1. The Hall–Kier alpha value is -1.90. The molecular formula is C12H8FNO. The average molecular weight is 201 g/mol. The lowest BCUT2D eigenvalue weighted by molar-refractivity contribution is 0.382. The van der Waals surface area contributed by atoms with Gasteiger partial charge in [0.25, 0.3) is 6.01 Å². The Kier molecular flexibility index (Phi) is 1.57. The highest BCUT2D eigenvalue weighted by Crippen LogP contribution is 2.28. The van der Waals surface area contributed by atoms with Crippen LogP contribution >= 0.6 is 0 Å². The summed E-state index contributed by atoms with van der Waals surface area (Å²) in [7, 11) is 0. The lowest BCUT2D eigenvalue weighted by Crippen LogP contribution is -1.84. The van der Waals surface area contributed by atoms with Gasteiger partial charge in [0.05, 0.1) is 5.52 Å². The van der Waals surface area contributed by atoms with Gasteiger partial charge < -0.3 is 4.42 Å². The van der Waals surface area contributed by atoms with Crippen molar-refractivity contribution in [2.24, 2.45) is 0 Å². The zero-order valence-electron chi connectivity index (χ0n) is 8.12. The molecule has 0 bridgehead atoms. The SMILES string of the molecule is Cc1nc2ccccc2c2oc(F)cc12. The zero-order valence-corrected chi connectivity index (χ0v) is 8.12. The highest BCUT2D eigenvalue weighted by molar-refractivity contribution is 6.03. The molecule has 2 heterocycles. The summed E-state index contributed by atoms with van der Waals surface area (Å²) in [6, 6.07) is 8.38. The molecule has 0 unspecified atom stereocenters. The van der Waals surface area contributed by atoms with Crippen LogP contribution in [0, 0.1) is 12.9 Å². The van der Waals surface area contributed by atoms with Crippen molar-refractivity contribution in [3.8, 4) is 0 Å². The zero-order chi connectivity index (χ0) is 10.4. The molecule has 0 spiro atoms. The third kappa shape index (κ3) is 1.13. The third-order valence-corrected chi connectivity index (χ3v) is 2.53. The largest absolute Gasteiger partial charge is 0.430 e. The highest BCUT2D eigenvalue weighted by Gasteiger charge is 2.10. The Labute approximate surface area is 85.3 Å². The number of hydrogen-bond donors (Lipinski definition) is 0. The predicted molar refractivity (Wildman–Crippen MR) is 56.2 cm³/mol. The molecule has 0 radical (unpaired) electrons. The molecule has 0 N–H and O–H groups in total. The van der Waals surface area contributed by atoms with Gasteiger partial charge in [0.15, 0.2) is 0 Å². The molecule has 15 heavy (non-hydrogen) atoms. The average Bonchev–Trinajstić information content (AvgIpc) is 2.61. The molecule has 2 aromatic heterocycles. The Morgan fingerprint density at radius 3 is 2.87 bits per heavy atom. The van der Waals surface area contributed by atoms with Gasteiger partial charge in [-0.15, -0.1) is 0 Å². The van der Waals surface area contributed by atoms with Crippen LogP contribution in [0.15, 0.2) is 34.7 Å². The highest BCUT2D eigenvalue weighted by atomic mass is 19.1. The summed E-state index contributed by atoms with van der Waals surface area (Å²) in [6.45, 7) is 1.85. The molecule has 3 heteroatoms. The van der Waals surface area contributed by atoms with Crippen LogP contribution in [0.25, 0.3) is 21.9 Å². The van der Waals surface area contributed by atoms with Crippen LogP contribution in [0.2, 0.25) is 0 Å². The van der Waals surface area contributed by atoms with Crippen molar-refractivity contribution in [3.05, 3.63) is 42.0 Å². The summed E-state index contributed by atoms with van der Waals surface area (Å²) in [5.41, 5.74) is 2.20. The Morgan fingerprint density at radius 2 is 2.00 bits per heavy atom. The van der Waals surface area contributed by atoms with E-state index in [4.69, 9.17) is 4.42 Å². The smallest absolute Gasteiger partial charge is 0.278 e. The molecule has 0 aliphatic carbocycles. The van der Waals surface area contributed by atoms with Crippen LogP contribution in [0.5, 0.6) is 0 Å². The topological polar surface area (TPSA) is 26.0 Å². The fourth-order valence-corrected chi connectivity index (χ4v) is 1.83. The molecule has 0 atom stereocenters. The number of aromatic nitrogens is 1. The van der Waals surface area contributed by atoms with Crippen LogP contribution < -0.4 is 0 Å². The summed E-state index contributed by atoms with van der Waals surface area (Å²) >= 11 is 0. The van der Waals surface area contributed by atoms with E-state index in [1.807, 2.05) is 31.2 Å². The number of furan rings is 1. The first kappa shape index (κ1) is 8.41. The van der Waals surface area contributed by atoms with Gasteiger partial charge in [0.2, 0.25) is 0 Å². The molecule has 3 aromatic rings. The molecule has 74 valence electrons. The van der Waals surface area contributed by atoms with Crippen molar-refractivity contribution in [2.75, 3.05) is 0 Å². The van der Waals surface area contributed by atoms with Crippen molar-refractivity contribution < 1.29 is 8.81 Å². The van der Waals surface area contributed by atoms with Crippen LogP contribution in [0.4, 0.5) is 4.39 Å². The van der Waals surface area contributed by atoms with Gasteiger partial charge in [-0.25, -0.2) is 0 Å². The Morgan fingerprint density at radius 1 is 1.20 bits per heavy atom. The van der Waals surface area contributed by atoms with Gasteiger partial charge in [-0.1, -0.05) is 12.1 Å². The molecule has 0 amide bonds. The quantitative estimate of drug-likeness (QED) is 0.557. The van der Waals surface area contributed by atoms with E-state index in [1.165, 1.54) is 6.07 Å². The molecule has 0 aliphatic heterocycles. The second-order valence-electron chi connectivity index (χ2n) is 3.51. The first-order valence-electron chi connectivity index (χ1n) is 4.70. The lowest BCUT2D eigenvalue weighted by atomic mass is 10.1. The van der Waals surface area contributed by atoms with E-state index in [9.17, 15) is 4.39 Å². The molecule has 2 nitrogen and oxygen atoms in total. The normalized spacial score (nSPS) is 11.3. The monoisotopic (exact) mass is 201 g/mol. The second kappa shape index (κ2) is 2.79. The number of aryl methyl sites for hydroxylation is 1. The van der Waals surface area contributed by atoms with E-state index < -0.39 is 6.01 Å². The maximum absolute atomic E-state index is 13.0. The van der Waals surface area contributed by atoms with Crippen LogP contribution in [0.1, 0.15) is 5.69 Å². The number of benzene rings is 1. The minimum absolute atomic E-state index is 0.564. The fraction of sp³-hybridized carbons (Fsp3) is 0.0833. The molecular weight excluding hydrogens is 193 g/mol. The van der Waals surface area contributed by atoms with E-state index >= 15 is 0 Å². The maximum Gasteiger partial charge on any atom is 0.278 e. The molecule has 1 aromatic carbocycles. The van der Waals surface area contributed by atoms with Crippen molar-refractivity contribution >= 4 is 21.9 Å². The minimum Gasteiger partial charge on any atom is -0.430 e. The number of hydrogen-bond acceptors (Lipinski definition) is 2. The van der Waals surface area contributed by atoms with Crippen LogP contribution in [-0.4, -0.2) is 4.98 Å². The van der Waals surface area contributed by atoms with E-state index in [2.05, 4.69) is 4.98 Å². The summed E-state index contributed by atoms with van der Waals surface area (Å²) in [5.74, 6) is 0. The van der Waals surface area contributed by atoms with Crippen molar-refractivity contribution in [2.45, 2.75) is 6.92 Å². The van der Waals surface area contributed by atoms with Gasteiger partial charge in [0.1, 0.15) is 5.58 Å². The maximum atomic E-state index is 13.0. The van der Waals surface area contributed by atoms with Gasteiger partial charge in [-0.05, 0) is 19.1 Å². The minimum atomic E-state index is -0.564. The van der Waals surface area contributed by atoms with Crippen LogP contribution in [0.3, 0.4) is 0 Å². The van der Waals surface area contributed by atoms with Crippen molar-refractivity contribution in [1.82, 2.24) is 4.98 Å². The summed E-state index contributed by atoms with van der Waals surface area (Å²) in [6.07, 6.45) is 0. The molecule has 0 aliphatic rings. The predicted octanol–water partition coefficient (Wildman–Crippen LogP) is 3.43. The van der Waals surface area contributed by atoms with Gasteiger partial charge in [-0.2, -0.15) is 4.39 Å². The summed E-state index contributed by atoms with van der Waals surface area (Å²) < 4.78 is 18.1. The van der Waals surface area contributed by atoms with E-state index in [-0.39, 0.29) is 0 Å². The molecule has 0 fully saturated rings. The number of rotatable bonds is 0. The molecule has 0 saturated carbocycles. The number of pyridine rings is 1. The van der Waals surface area contributed by atoms with Gasteiger partial charge >= 0.3 is 0 Å². The summed E-state index contributed by atoms with van der Waals surface area (Å²) in [5, 5.41) is 1.59. The standard InChI is InChI=1S/C12H8FNO/c1-7-9-6-11(13)15-12(9)8-4-2-3-5-10(8)14-7/h2-6H,1H3. The van der Waals surface area contributed by atoms with Gasteiger partial charge in [0, 0.05) is 22.5 Å². The van der Waals surface area contributed by atoms with E-state index in [1.54, 1.807) is 0 Å². The lowest BCUT2D eigenvalue weighted by Gasteiger charge is -1.99. The Balaban J connectivity index is 2.63. The van der Waals surface area contributed by atoms with E-state index in [0.717, 1.165) is 22.0 Å². The van der Waals surface area contributed by atoms with Crippen molar-refractivity contribution in [1.29, 1.82) is 0 Å². The molecule has 0 saturated heterocycles. The fourth-order valence-electron chi connectivity index (χ4n) is 1.83. The first-order chi connectivity index (χ1) is 7.25. The first-order valence-corrected chi connectivity index (χ1v) is 4.70. The van der Waals surface area contributed by atoms with E-state index in [0.29, 0.717) is 5.58 Å². The third-order valence-electron chi connectivity index (χ3n) is 2.53. The number of halogens is 1. The van der Waals surface area contributed by atoms with Crippen LogP contribution in [-0.2, 0) is 0 Å². The Bertz CT molecular complexity index is 657. The number of nitrogens with zero attached hydrogens (tertiary/aromatic N) is 1.